The molecule has 1 aromatic rings. The Kier molecular flexibility index (Phi) is 3.08. The molecule has 2 aliphatic carbocycles. The van der Waals surface area contributed by atoms with Gasteiger partial charge in [-0.3, -0.25) is 4.90 Å². The molecule has 3 rings (SSSR count). The Labute approximate surface area is 108 Å². The van der Waals surface area contributed by atoms with Crippen molar-refractivity contribution in [2.24, 2.45) is 17.0 Å². The van der Waals surface area contributed by atoms with Crippen LogP contribution in [0.5, 0.6) is 0 Å². The largest absolute Gasteiger partial charge is 0.411 e. The van der Waals surface area contributed by atoms with Crippen LogP contribution in [0.25, 0.3) is 0 Å². The third-order valence-corrected chi connectivity index (χ3v) is 4.51. The second-order valence-corrected chi connectivity index (χ2v) is 5.64. The first-order valence-corrected chi connectivity index (χ1v) is 6.75. The fourth-order valence-corrected chi connectivity index (χ4v) is 3.75. The van der Waals surface area contributed by atoms with E-state index in [0.29, 0.717) is 17.9 Å². The minimum Gasteiger partial charge on any atom is -0.411 e. The minimum atomic E-state index is 0.342. The summed E-state index contributed by atoms with van der Waals surface area (Å²) in [6, 6.07) is 10.8. The van der Waals surface area contributed by atoms with Crippen molar-refractivity contribution in [2.45, 2.75) is 31.8 Å². The molecule has 0 radical (unpaired) electrons. The van der Waals surface area contributed by atoms with Gasteiger partial charge in [-0.1, -0.05) is 35.5 Å². The molecule has 0 saturated heterocycles. The van der Waals surface area contributed by atoms with Crippen LogP contribution in [0.15, 0.2) is 35.5 Å². The lowest BCUT2D eigenvalue weighted by Gasteiger charge is -2.31. The van der Waals surface area contributed by atoms with Gasteiger partial charge >= 0.3 is 0 Å². The summed E-state index contributed by atoms with van der Waals surface area (Å²) in [5.74, 6) is 1.22. The Morgan fingerprint density at radius 1 is 1.28 bits per heavy atom. The molecule has 0 amide bonds. The molecule has 0 aliphatic heterocycles. The maximum absolute atomic E-state index is 9.23. The van der Waals surface area contributed by atoms with E-state index in [-0.39, 0.29) is 0 Å². The summed E-state index contributed by atoms with van der Waals surface area (Å²) in [5.41, 5.74) is 2.34. The second-order valence-electron chi connectivity index (χ2n) is 5.64. The lowest BCUT2D eigenvalue weighted by molar-refractivity contribution is 0.222. The number of fused-ring (bicyclic) bond motifs is 2. The van der Waals surface area contributed by atoms with Crippen molar-refractivity contribution >= 4 is 5.71 Å². The van der Waals surface area contributed by atoms with E-state index in [4.69, 9.17) is 0 Å². The van der Waals surface area contributed by atoms with Crippen LogP contribution in [0.1, 0.15) is 24.8 Å². The molecule has 18 heavy (non-hydrogen) atoms. The monoisotopic (exact) mass is 244 g/mol. The Hall–Kier alpha value is -1.35. The molecule has 0 heterocycles. The van der Waals surface area contributed by atoms with Gasteiger partial charge in [0.25, 0.3) is 0 Å². The van der Waals surface area contributed by atoms with E-state index < -0.39 is 0 Å². The van der Waals surface area contributed by atoms with E-state index in [9.17, 15) is 5.21 Å². The highest BCUT2D eigenvalue weighted by atomic mass is 16.4. The van der Waals surface area contributed by atoms with Crippen LogP contribution in [0.2, 0.25) is 0 Å². The summed E-state index contributed by atoms with van der Waals surface area (Å²) < 4.78 is 0. The molecule has 0 aromatic heterocycles. The van der Waals surface area contributed by atoms with Crippen LogP contribution in [0.4, 0.5) is 0 Å². The predicted octanol–water partition coefficient (Wildman–Crippen LogP) is 2.75. The number of benzene rings is 1. The van der Waals surface area contributed by atoms with E-state index in [1.165, 1.54) is 24.8 Å². The number of rotatable bonds is 3. The molecular weight excluding hydrogens is 224 g/mol. The lowest BCUT2D eigenvalue weighted by atomic mass is 9.92. The van der Waals surface area contributed by atoms with Crippen molar-refractivity contribution in [3.8, 4) is 0 Å². The van der Waals surface area contributed by atoms with Crippen molar-refractivity contribution in [1.29, 1.82) is 0 Å². The van der Waals surface area contributed by atoms with E-state index in [1.54, 1.807) is 0 Å². The van der Waals surface area contributed by atoms with Crippen molar-refractivity contribution in [2.75, 3.05) is 7.05 Å². The van der Waals surface area contributed by atoms with Crippen molar-refractivity contribution < 1.29 is 5.21 Å². The molecule has 0 spiro atoms. The summed E-state index contributed by atoms with van der Waals surface area (Å²) in [6.07, 6.45) is 3.70. The van der Waals surface area contributed by atoms with Gasteiger partial charge in [0.2, 0.25) is 0 Å². The summed E-state index contributed by atoms with van der Waals surface area (Å²) in [7, 11) is 2.14. The number of hydrogen-bond donors (Lipinski definition) is 1. The smallest absolute Gasteiger partial charge is 0.0775 e. The van der Waals surface area contributed by atoms with Gasteiger partial charge in [-0.2, -0.15) is 0 Å². The summed E-state index contributed by atoms with van der Waals surface area (Å²) in [6.45, 7) is 0.924. The zero-order valence-electron chi connectivity index (χ0n) is 10.8. The van der Waals surface area contributed by atoms with E-state index in [2.05, 4.69) is 41.4 Å². The fourth-order valence-electron chi connectivity index (χ4n) is 3.75. The lowest BCUT2D eigenvalue weighted by Crippen LogP contribution is -2.42. The molecule has 3 atom stereocenters. The van der Waals surface area contributed by atoms with Crippen LogP contribution in [-0.4, -0.2) is 28.9 Å². The maximum atomic E-state index is 9.23. The van der Waals surface area contributed by atoms with Gasteiger partial charge in [0, 0.05) is 12.5 Å². The molecular formula is C15H20N2O. The predicted molar refractivity (Wildman–Crippen MR) is 71.7 cm³/mol. The van der Waals surface area contributed by atoms with Gasteiger partial charge < -0.3 is 5.21 Å². The highest BCUT2D eigenvalue weighted by molar-refractivity contribution is 5.94. The molecule has 3 nitrogen and oxygen atoms in total. The average Bonchev–Trinajstić information content (AvgIpc) is 2.99. The van der Waals surface area contributed by atoms with Crippen LogP contribution in [-0.2, 0) is 6.54 Å². The summed E-state index contributed by atoms with van der Waals surface area (Å²) in [5, 5.41) is 12.8. The van der Waals surface area contributed by atoms with E-state index in [0.717, 1.165) is 12.3 Å². The normalized spacial score (nSPS) is 32.6. The quantitative estimate of drug-likeness (QED) is 0.655. The Bertz CT molecular complexity index is 443. The van der Waals surface area contributed by atoms with Crippen molar-refractivity contribution in [3.63, 3.8) is 0 Å². The maximum Gasteiger partial charge on any atom is 0.0775 e. The number of oxime groups is 1. The highest BCUT2D eigenvalue weighted by Gasteiger charge is 2.47. The van der Waals surface area contributed by atoms with Gasteiger partial charge in [-0.25, -0.2) is 0 Å². The number of nitrogens with zero attached hydrogens (tertiary/aromatic N) is 2. The molecule has 2 fully saturated rings. The van der Waals surface area contributed by atoms with E-state index in [1.807, 2.05) is 6.07 Å². The van der Waals surface area contributed by atoms with E-state index >= 15 is 0 Å². The Morgan fingerprint density at radius 2 is 2.06 bits per heavy atom. The molecule has 1 aromatic carbocycles. The van der Waals surface area contributed by atoms with Crippen molar-refractivity contribution in [3.05, 3.63) is 35.9 Å². The molecule has 2 saturated carbocycles. The second kappa shape index (κ2) is 4.73. The number of hydrogen-bond acceptors (Lipinski definition) is 3. The van der Waals surface area contributed by atoms with Crippen LogP contribution in [0, 0.1) is 11.8 Å². The van der Waals surface area contributed by atoms with Crippen LogP contribution in [0.3, 0.4) is 0 Å². The topological polar surface area (TPSA) is 35.8 Å². The van der Waals surface area contributed by atoms with Gasteiger partial charge in [0.05, 0.1) is 11.8 Å². The first kappa shape index (κ1) is 11.7. The molecule has 1 N–H and O–H groups in total. The van der Waals surface area contributed by atoms with Gasteiger partial charge in [-0.15, -0.1) is 0 Å². The summed E-state index contributed by atoms with van der Waals surface area (Å²) in [4.78, 5) is 2.34. The van der Waals surface area contributed by atoms with Gasteiger partial charge in [-0.05, 0) is 37.8 Å². The molecule has 3 heteroatoms. The minimum absolute atomic E-state index is 0.342. The third kappa shape index (κ3) is 1.93. The summed E-state index contributed by atoms with van der Waals surface area (Å²) >= 11 is 0. The standard InChI is InChI=1S/C15H20N2O/c1-17(10-11-5-3-2-4-6-11)15-13-8-7-12(9-13)14(15)16-18/h2-6,12-13,15,18H,7-10H2,1H3. The molecule has 2 aliphatic rings. The van der Waals surface area contributed by atoms with Gasteiger partial charge in [0.1, 0.15) is 0 Å². The Balaban J connectivity index is 1.75. The zero-order chi connectivity index (χ0) is 12.5. The van der Waals surface area contributed by atoms with Gasteiger partial charge in [0.15, 0.2) is 0 Å². The van der Waals surface area contributed by atoms with Crippen LogP contribution >= 0.6 is 0 Å². The fraction of sp³-hybridized carbons (Fsp3) is 0.533. The third-order valence-electron chi connectivity index (χ3n) is 4.51. The first-order valence-electron chi connectivity index (χ1n) is 6.75. The molecule has 3 unspecified atom stereocenters. The van der Waals surface area contributed by atoms with Crippen LogP contribution < -0.4 is 0 Å². The Morgan fingerprint density at radius 3 is 2.78 bits per heavy atom. The molecule has 2 bridgehead atoms. The average molecular weight is 244 g/mol. The zero-order valence-corrected chi connectivity index (χ0v) is 10.8. The first-order chi connectivity index (χ1) is 8.79. The SMILES string of the molecule is CN(Cc1ccccc1)C1C(=NO)C2CCC1C2. The molecule has 96 valence electrons. The highest BCUT2D eigenvalue weighted by Crippen LogP contribution is 2.44. The van der Waals surface area contributed by atoms with Crippen molar-refractivity contribution in [1.82, 2.24) is 4.90 Å².